The third-order valence-electron chi connectivity index (χ3n) is 0.861. The van der Waals surface area contributed by atoms with E-state index in [0.29, 0.717) is 0 Å². The maximum absolute atomic E-state index is 13.6. The van der Waals surface area contributed by atoms with Crippen LogP contribution in [0.4, 0.5) is 4.20 Å². The van der Waals surface area contributed by atoms with Gasteiger partial charge in [-0.15, -0.1) is 0 Å². The third kappa shape index (κ3) is 5.89. The minimum Gasteiger partial charge on any atom is -0.185 e. The molecule has 0 aromatic rings. The highest BCUT2D eigenvalue weighted by molar-refractivity contribution is 8.24. The highest BCUT2D eigenvalue weighted by Crippen LogP contribution is 2.87. The summed E-state index contributed by atoms with van der Waals surface area (Å²) in [4.78, 5) is 0. The molecule has 1 rings (SSSR count). The molecule has 0 N–H and O–H groups in total. The summed E-state index contributed by atoms with van der Waals surface area (Å²) in [6.45, 7) is -4.20. The van der Waals surface area contributed by atoms with Gasteiger partial charge in [0.25, 0.3) is 17.7 Å². The van der Waals surface area contributed by atoms with Crippen LogP contribution in [0.5, 0.6) is 0 Å². The van der Waals surface area contributed by atoms with Crippen LogP contribution in [0.1, 0.15) is 0 Å². The molecule has 0 amide bonds. The highest BCUT2D eigenvalue weighted by Gasteiger charge is 2.31. The molecule has 0 radical (unpaired) electrons. The molecule has 0 aromatic heterocycles. The Hall–Kier alpha value is 2.88. The first-order valence-corrected chi connectivity index (χ1v) is 16.0. The molecule has 0 saturated carbocycles. The van der Waals surface area contributed by atoms with Crippen molar-refractivity contribution in [3.8, 4) is 0 Å². The van der Waals surface area contributed by atoms with Gasteiger partial charge in [-0.2, -0.15) is 22.3 Å². The van der Waals surface area contributed by atoms with Gasteiger partial charge in [-0.25, -0.2) is 0 Å². The second kappa shape index (κ2) is 5.34. The Morgan fingerprint density at radius 1 is 0.562 bits per heavy atom. The van der Waals surface area contributed by atoms with E-state index in [9.17, 15) is 4.20 Å². The Bertz CT molecular complexity index is 390. The van der Waals surface area contributed by atoms with Crippen molar-refractivity contribution in [2.24, 2.45) is 18.1 Å². The lowest BCUT2D eigenvalue weighted by molar-refractivity contribution is 0.898. The Balaban J connectivity index is 3.67. The molecule has 96 valence electrons. The van der Waals surface area contributed by atoms with Crippen molar-refractivity contribution in [2.75, 3.05) is 0 Å². The molecule has 1 aliphatic heterocycles. The van der Waals surface area contributed by atoms with E-state index in [1.165, 1.54) is 0 Å². The normalized spacial score (nSPS) is 35.5. The van der Waals surface area contributed by atoms with E-state index in [1.54, 1.807) is 0 Å². The summed E-state index contributed by atoms with van der Waals surface area (Å²) < 4.78 is 27.2. The van der Waals surface area contributed by atoms with Gasteiger partial charge in [-0.05, 0) is 78.7 Å². The third-order valence-corrected chi connectivity index (χ3v) is 16.3. The summed E-state index contributed by atoms with van der Waals surface area (Å²) in [6, 6.07) is 0. The molecule has 16 heavy (non-hydrogen) atoms. The number of rotatable bonds is 0. The van der Waals surface area contributed by atoms with Gasteiger partial charge >= 0.3 is 6.87 Å². The zero-order valence-electron chi connectivity index (χ0n) is 6.60. The Morgan fingerprint density at radius 2 is 0.875 bits per heavy atom. The second-order valence-electron chi connectivity index (χ2n) is 2.18. The van der Waals surface area contributed by atoms with Gasteiger partial charge in [0.05, 0.1) is 0 Å². The quantitative estimate of drug-likeness (QED) is 0.332. The Morgan fingerprint density at radius 3 is 1.31 bits per heavy atom. The van der Waals surface area contributed by atoms with Crippen LogP contribution < -0.4 is 0 Å². The smallest absolute Gasteiger partial charge is 0.185 e. The highest BCUT2D eigenvalue weighted by atomic mass is 35.9. The number of hydrogen-bond donors (Lipinski definition) is 0. The van der Waals surface area contributed by atoms with Crippen molar-refractivity contribution in [2.45, 2.75) is 0 Å². The molecule has 0 bridgehead atoms. The first kappa shape index (κ1) is 16.9. The standard InChI is InChI=1S/Cl7FN4P4/c1-13(2)9-14(3,4)11-16(7,8)12-15(5,6)10-13. The van der Waals surface area contributed by atoms with Gasteiger partial charge < -0.3 is 0 Å². The van der Waals surface area contributed by atoms with E-state index in [2.05, 4.69) is 18.1 Å². The van der Waals surface area contributed by atoms with Gasteiger partial charge in [0, 0.05) is 0 Å². The van der Waals surface area contributed by atoms with Crippen LogP contribution in [0.15, 0.2) is 18.1 Å². The average molecular weight is 447 g/mol. The maximum Gasteiger partial charge on any atom is 0.338 e. The molecular weight excluding hydrogens is 447 g/mol. The van der Waals surface area contributed by atoms with E-state index in [-0.39, 0.29) is 0 Å². The van der Waals surface area contributed by atoms with Crippen molar-refractivity contribution in [3.05, 3.63) is 0 Å². The lowest BCUT2D eigenvalue weighted by Gasteiger charge is -2.15. The topological polar surface area (TPSA) is 49.4 Å². The molecule has 0 fully saturated rings. The summed E-state index contributed by atoms with van der Waals surface area (Å²) >= 11 is 39.2. The molecule has 1 atom stereocenters. The van der Waals surface area contributed by atoms with Crippen LogP contribution in [0.3, 0.4) is 0 Å². The van der Waals surface area contributed by atoms with Crippen LogP contribution in [0, 0.1) is 0 Å². The van der Waals surface area contributed by atoms with Crippen molar-refractivity contribution in [1.82, 2.24) is 0 Å². The van der Waals surface area contributed by atoms with Gasteiger partial charge in [0.1, 0.15) is 0 Å². The van der Waals surface area contributed by atoms with Crippen LogP contribution in [0.25, 0.3) is 0 Å². The molecule has 0 saturated heterocycles. The molecule has 1 unspecified atom stereocenters. The van der Waals surface area contributed by atoms with Crippen LogP contribution in [-0.2, 0) is 0 Å². The molecule has 4 nitrogen and oxygen atoms in total. The number of hydrogen-bond acceptors (Lipinski definition) is 4. The summed E-state index contributed by atoms with van der Waals surface area (Å²) in [5.41, 5.74) is 0. The molecular formula is Cl7FN4P4. The fourth-order valence-corrected chi connectivity index (χ4v) is 22.4. The minimum absolute atomic E-state index is 3.27. The SMILES string of the molecule is FP1(Cl)=NP(Cl)(Cl)=NP(Cl)(Cl)=NP(Cl)(Cl)=N1. The summed E-state index contributed by atoms with van der Waals surface area (Å²) in [5.74, 6) is -10.3. The lowest BCUT2D eigenvalue weighted by atomic mass is 13.8. The van der Waals surface area contributed by atoms with Gasteiger partial charge in [-0.1, -0.05) is 0 Å². The molecule has 0 aliphatic carbocycles. The van der Waals surface area contributed by atoms with Crippen LogP contribution >= 0.6 is 103 Å². The van der Waals surface area contributed by atoms with E-state index >= 15 is 0 Å². The predicted octanol–water partition coefficient (Wildman–Crippen LogP) is 9.43. The molecule has 1 aliphatic rings. The zero-order valence-corrected chi connectivity index (χ0v) is 15.5. The predicted molar refractivity (Wildman–Crippen MR) is 79.5 cm³/mol. The first-order valence-electron chi connectivity index (χ1n) is 2.95. The van der Waals surface area contributed by atoms with E-state index in [0.717, 1.165) is 0 Å². The van der Waals surface area contributed by atoms with Crippen LogP contribution in [0.2, 0.25) is 0 Å². The van der Waals surface area contributed by atoms with Crippen LogP contribution in [-0.4, -0.2) is 0 Å². The van der Waals surface area contributed by atoms with E-state index < -0.39 is 24.6 Å². The second-order valence-corrected chi connectivity index (χ2v) is 20.0. The fraction of sp³-hybridized carbons (Fsp3) is 0. The van der Waals surface area contributed by atoms with E-state index in [1.807, 2.05) is 0 Å². The van der Waals surface area contributed by atoms with Crippen molar-refractivity contribution in [3.63, 3.8) is 0 Å². The fourth-order valence-electron chi connectivity index (χ4n) is 0.589. The molecule has 0 spiro atoms. The first-order chi connectivity index (χ1) is 6.83. The average Bonchev–Trinajstić information content (AvgIpc) is 1.67. The van der Waals surface area contributed by atoms with Gasteiger partial charge in [-0.3, -0.25) is 0 Å². The molecule has 0 aromatic carbocycles. The summed E-state index contributed by atoms with van der Waals surface area (Å²) in [7, 11) is 0. The van der Waals surface area contributed by atoms with Gasteiger partial charge in [0.2, 0.25) is 0 Å². The minimum atomic E-state index is -4.20. The van der Waals surface area contributed by atoms with Crippen molar-refractivity contribution in [1.29, 1.82) is 0 Å². The van der Waals surface area contributed by atoms with E-state index in [4.69, 9.17) is 78.7 Å². The molecule has 16 heteroatoms. The zero-order chi connectivity index (χ0) is 12.8. The van der Waals surface area contributed by atoms with Crippen molar-refractivity contribution < 1.29 is 4.20 Å². The summed E-state index contributed by atoms with van der Waals surface area (Å²) in [5, 5.41) is 0. The Kier molecular flexibility index (Phi) is 5.65. The maximum atomic E-state index is 13.6. The number of nitrogens with zero attached hydrogens (tertiary/aromatic N) is 4. The van der Waals surface area contributed by atoms with Crippen molar-refractivity contribution >= 4 is 103 Å². The largest absolute Gasteiger partial charge is 0.338 e. The monoisotopic (exact) mass is 444 g/mol. The lowest BCUT2D eigenvalue weighted by Crippen LogP contribution is -1.62. The Labute approximate surface area is 125 Å². The summed E-state index contributed by atoms with van der Waals surface area (Å²) in [6.07, 6.45) is 0. The number of halogens is 8. The van der Waals surface area contributed by atoms with Gasteiger partial charge in [0.15, 0.2) is 0 Å². The molecule has 1 heterocycles.